The summed E-state index contributed by atoms with van der Waals surface area (Å²) in [6.07, 6.45) is 14.7. The number of hydrogen-bond donors (Lipinski definition) is 0. The largest absolute Gasteiger partial charge is 0.786 e. The van der Waals surface area contributed by atoms with Crippen molar-refractivity contribution in [2.24, 2.45) is 0 Å². The smallest absolute Gasteiger partial charge is 0.0828 e. The zero-order valence-electron chi connectivity index (χ0n) is 13.6. The molecule has 122 valence electrons. The minimum Gasteiger partial charge on any atom is -0.786 e. The molecule has 0 saturated heterocycles. The molecule has 0 fully saturated rings. The molecule has 3 nitrogen and oxygen atoms in total. The quantitative estimate of drug-likeness (QED) is 0.286. The zero-order valence-corrected chi connectivity index (χ0v) is 14.5. The minimum absolute atomic E-state index is 0.562. The molecule has 4 heteroatoms. The summed E-state index contributed by atoms with van der Waals surface area (Å²) in [4.78, 5) is 11.4. The predicted molar refractivity (Wildman–Crippen MR) is 85.6 cm³/mol. The van der Waals surface area contributed by atoms with Crippen molar-refractivity contribution in [1.29, 1.82) is 0 Å². The third-order valence-electron chi connectivity index (χ3n) is 3.39. The lowest BCUT2D eigenvalue weighted by molar-refractivity contribution is -0.204. The van der Waals surface area contributed by atoms with Crippen LogP contribution in [0.15, 0.2) is 0 Å². The second-order valence-electron chi connectivity index (χ2n) is 5.43. The third-order valence-corrected chi connectivity index (χ3v) is 4.18. The van der Waals surface area contributed by atoms with Gasteiger partial charge in [-0.3, -0.25) is 0 Å². The topological polar surface area (TPSA) is 41.5 Å². The van der Waals surface area contributed by atoms with Gasteiger partial charge in [-0.1, -0.05) is 78.1 Å². The van der Waals surface area contributed by atoms with E-state index in [1.807, 2.05) is 0 Å². The van der Waals surface area contributed by atoms with Gasteiger partial charge in [0.05, 0.1) is 21.8 Å². The van der Waals surface area contributed by atoms with Crippen molar-refractivity contribution in [2.75, 3.05) is 13.2 Å². The zero-order chi connectivity index (χ0) is 14.9. The Labute approximate surface area is 127 Å². The molecule has 0 amide bonds. The fraction of sp³-hybridized carbons (Fsp3) is 1.00. The first-order valence-corrected chi connectivity index (χ1v) is 9.63. The molecule has 0 rings (SSSR count). The van der Waals surface area contributed by atoms with E-state index in [0.29, 0.717) is 13.2 Å². The van der Waals surface area contributed by atoms with Crippen molar-refractivity contribution in [2.45, 2.75) is 90.9 Å². The summed E-state index contributed by atoms with van der Waals surface area (Å²) in [5.74, 6) is 0. The highest BCUT2D eigenvalue weighted by Gasteiger charge is 1.97. The molecule has 0 aromatic heterocycles. The molecule has 0 aliphatic heterocycles. The first-order valence-electron chi connectivity index (χ1n) is 8.54. The van der Waals surface area contributed by atoms with Crippen LogP contribution in [0.4, 0.5) is 0 Å². The van der Waals surface area contributed by atoms with Crippen molar-refractivity contribution >= 4 is 8.60 Å². The Hall–Kier alpha value is 0.310. The summed E-state index contributed by atoms with van der Waals surface area (Å²) >= 11 is 0. The first kappa shape index (κ1) is 20.3. The van der Waals surface area contributed by atoms with Gasteiger partial charge in [0.25, 0.3) is 0 Å². The number of rotatable bonds is 16. The monoisotopic (exact) mass is 305 g/mol. The minimum atomic E-state index is -1.88. The van der Waals surface area contributed by atoms with Crippen LogP contribution in [0.2, 0.25) is 0 Å². The molecular weight excluding hydrogens is 271 g/mol. The van der Waals surface area contributed by atoms with Crippen LogP contribution in [-0.4, -0.2) is 13.2 Å². The Bertz CT molecular complexity index is 179. The first-order chi connectivity index (χ1) is 9.81. The normalized spacial score (nSPS) is 12.8. The van der Waals surface area contributed by atoms with E-state index in [1.165, 1.54) is 57.8 Å². The average Bonchev–Trinajstić information content (AvgIpc) is 2.45. The van der Waals surface area contributed by atoms with Gasteiger partial charge in [0.1, 0.15) is 0 Å². The van der Waals surface area contributed by atoms with Gasteiger partial charge < -0.3 is 13.9 Å². The lowest BCUT2D eigenvalue weighted by Gasteiger charge is -2.22. The van der Waals surface area contributed by atoms with Crippen LogP contribution in [0, 0.1) is 0 Å². The molecule has 20 heavy (non-hydrogen) atoms. The Kier molecular flexibility index (Phi) is 17.6. The van der Waals surface area contributed by atoms with E-state index in [-0.39, 0.29) is 0 Å². The van der Waals surface area contributed by atoms with Crippen LogP contribution < -0.4 is 4.89 Å². The van der Waals surface area contributed by atoms with E-state index >= 15 is 0 Å². The molecular formula is C16H34O3P-. The second kappa shape index (κ2) is 17.4. The second-order valence-corrected chi connectivity index (χ2v) is 6.39. The van der Waals surface area contributed by atoms with E-state index in [0.717, 1.165) is 19.3 Å². The lowest BCUT2D eigenvalue weighted by atomic mass is 10.1. The fourth-order valence-corrected chi connectivity index (χ4v) is 2.71. The Morgan fingerprint density at radius 1 is 0.600 bits per heavy atom. The lowest BCUT2D eigenvalue weighted by Crippen LogP contribution is -2.05. The van der Waals surface area contributed by atoms with E-state index in [1.54, 1.807) is 0 Å². The van der Waals surface area contributed by atoms with Gasteiger partial charge in [0.2, 0.25) is 0 Å². The van der Waals surface area contributed by atoms with Crippen LogP contribution in [-0.2, 0) is 9.05 Å². The van der Waals surface area contributed by atoms with Gasteiger partial charge in [0, 0.05) is 0 Å². The van der Waals surface area contributed by atoms with Gasteiger partial charge in [-0.05, 0) is 12.8 Å². The summed E-state index contributed by atoms with van der Waals surface area (Å²) in [7, 11) is -1.88. The van der Waals surface area contributed by atoms with Crippen LogP contribution in [0.1, 0.15) is 90.9 Å². The SMILES string of the molecule is CCCCCCCCCCOP([O-])OCCCCCC. The van der Waals surface area contributed by atoms with Gasteiger partial charge in [0.15, 0.2) is 0 Å². The van der Waals surface area contributed by atoms with Crippen molar-refractivity contribution in [3.8, 4) is 0 Å². The maximum Gasteiger partial charge on any atom is 0.0828 e. The Morgan fingerprint density at radius 3 is 1.40 bits per heavy atom. The van der Waals surface area contributed by atoms with E-state index < -0.39 is 8.60 Å². The maximum absolute atomic E-state index is 11.4. The molecule has 0 aliphatic carbocycles. The van der Waals surface area contributed by atoms with Crippen LogP contribution in [0.3, 0.4) is 0 Å². The molecule has 1 unspecified atom stereocenters. The number of hydrogen-bond acceptors (Lipinski definition) is 3. The predicted octanol–water partition coefficient (Wildman–Crippen LogP) is 5.33. The van der Waals surface area contributed by atoms with E-state index in [9.17, 15) is 4.89 Å². The van der Waals surface area contributed by atoms with Gasteiger partial charge in [-0.15, -0.1) is 0 Å². The van der Waals surface area contributed by atoms with Crippen LogP contribution in [0.5, 0.6) is 0 Å². The molecule has 0 aliphatic rings. The summed E-state index contributed by atoms with van der Waals surface area (Å²) < 4.78 is 10.3. The summed E-state index contributed by atoms with van der Waals surface area (Å²) in [6, 6.07) is 0. The Balaban J connectivity index is 3.09. The molecule has 0 radical (unpaired) electrons. The molecule has 0 heterocycles. The summed E-state index contributed by atoms with van der Waals surface area (Å²) in [5, 5.41) is 0. The van der Waals surface area contributed by atoms with E-state index in [4.69, 9.17) is 9.05 Å². The molecule has 0 aromatic rings. The van der Waals surface area contributed by atoms with Crippen molar-refractivity contribution in [1.82, 2.24) is 0 Å². The highest BCUT2D eigenvalue weighted by Crippen LogP contribution is 2.28. The molecule has 0 aromatic carbocycles. The summed E-state index contributed by atoms with van der Waals surface area (Å²) in [6.45, 7) is 5.55. The van der Waals surface area contributed by atoms with Crippen LogP contribution >= 0.6 is 8.60 Å². The van der Waals surface area contributed by atoms with Crippen molar-refractivity contribution in [3.05, 3.63) is 0 Å². The molecule has 1 atom stereocenters. The van der Waals surface area contributed by atoms with Gasteiger partial charge in [-0.2, -0.15) is 0 Å². The Morgan fingerprint density at radius 2 is 0.950 bits per heavy atom. The molecule has 0 saturated carbocycles. The molecule has 0 spiro atoms. The van der Waals surface area contributed by atoms with Gasteiger partial charge in [-0.25, -0.2) is 0 Å². The highest BCUT2D eigenvalue weighted by atomic mass is 31.2. The molecule has 0 N–H and O–H groups in total. The number of unbranched alkanes of at least 4 members (excludes halogenated alkanes) is 10. The maximum atomic E-state index is 11.4. The standard InChI is InChI=1S/C16H34O3P/c1-3-5-7-9-10-11-12-14-16-19-20(17)18-15-13-8-6-4-2/h3-16H2,1-2H3/q-1. The van der Waals surface area contributed by atoms with E-state index in [2.05, 4.69) is 13.8 Å². The average molecular weight is 305 g/mol. The molecule has 0 bridgehead atoms. The third kappa shape index (κ3) is 16.4. The summed E-state index contributed by atoms with van der Waals surface area (Å²) in [5.41, 5.74) is 0. The highest BCUT2D eigenvalue weighted by molar-refractivity contribution is 7.39. The van der Waals surface area contributed by atoms with Crippen LogP contribution in [0.25, 0.3) is 0 Å². The fourth-order valence-electron chi connectivity index (χ4n) is 2.08. The van der Waals surface area contributed by atoms with Crippen molar-refractivity contribution < 1.29 is 13.9 Å². The van der Waals surface area contributed by atoms with Gasteiger partial charge >= 0.3 is 0 Å². The van der Waals surface area contributed by atoms with Crippen molar-refractivity contribution in [3.63, 3.8) is 0 Å².